The van der Waals surface area contributed by atoms with Gasteiger partial charge in [-0.3, -0.25) is 4.90 Å². The molecule has 0 bridgehead atoms. The first-order valence-corrected chi connectivity index (χ1v) is 9.66. The molecule has 0 amide bonds. The molecule has 2 aliphatic carbocycles. The van der Waals surface area contributed by atoms with Gasteiger partial charge in [-0.2, -0.15) is 0 Å². The van der Waals surface area contributed by atoms with Gasteiger partial charge in [0.15, 0.2) is 0 Å². The molecule has 1 aromatic heterocycles. The van der Waals surface area contributed by atoms with Crippen molar-refractivity contribution in [3.63, 3.8) is 0 Å². The van der Waals surface area contributed by atoms with Gasteiger partial charge in [-0.15, -0.1) is 0 Å². The van der Waals surface area contributed by atoms with Crippen molar-refractivity contribution in [3.8, 4) is 0 Å². The molecule has 128 valence electrons. The van der Waals surface area contributed by atoms with Gasteiger partial charge >= 0.3 is 0 Å². The molecule has 1 saturated carbocycles. The molecular formula is C19H31N3O. The number of rotatable bonds is 3. The Kier molecular flexibility index (Phi) is 4.22. The maximum absolute atomic E-state index is 10.8. The van der Waals surface area contributed by atoms with Crippen LogP contribution in [0.15, 0.2) is 0 Å². The third kappa shape index (κ3) is 3.08. The van der Waals surface area contributed by atoms with Crippen molar-refractivity contribution in [2.75, 3.05) is 19.6 Å². The molecule has 4 rings (SSSR count). The fourth-order valence-electron chi connectivity index (χ4n) is 5.13. The third-order valence-corrected chi connectivity index (χ3v) is 6.26. The van der Waals surface area contributed by atoms with Gasteiger partial charge in [0.1, 0.15) is 5.82 Å². The molecule has 1 aromatic rings. The minimum atomic E-state index is -0.420. The average Bonchev–Trinajstić information content (AvgIpc) is 3.10. The van der Waals surface area contributed by atoms with Crippen molar-refractivity contribution in [3.05, 3.63) is 17.2 Å². The van der Waals surface area contributed by atoms with Crippen molar-refractivity contribution >= 4 is 0 Å². The van der Waals surface area contributed by atoms with Gasteiger partial charge in [0, 0.05) is 31.4 Å². The Morgan fingerprint density at radius 1 is 1.13 bits per heavy atom. The summed E-state index contributed by atoms with van der Waals surface area (Å²) in [7, 11) is 0. The molecule has 1 aliphatic heterocycles. The van der Waals surface area contributed by atoms with Gasteiger partial charge in [0.05, 0.1) is 11.3 Å². The summed E-state index contributed by atoms with van der Waals surface area (Å²) >= 11 is 0. The van der Waals surface area contributed by atoms with E-state index in [2.05, 4.69) is 16.4 Å². The van der Waals surface area contributed by atoms with Gasteiger partial charge in [0.2, 0.25) is 0 Å². The Balaban J connectivity index is 1.45. The molecule has 23 heavy (non-hydrogen) atoms. The number of nitrogens with zero attached hydrogens (tertiary/aromatic N) is 3. The van der Waals surface area contributed by atoms with Gasteiger partial charge in [-0.05, 0) is 51.9 Å². The summed E-state index contributed by atoms with van der Waals surface area (Å²) in [5.41, 5.74) is 2.45. The highest BCUT2D eigenvalue weighted by Gasteiger charge is 2.35. The molecule has 2 fully saturated rings. The van der Waals surface area contributed by atoms with Crippen molar-refractivity contribution in [2.24, 2.45) is 0 Å². The number of fused-ring (bicyclic) bond motifs is 1. The summed E-state index contributed by atoms with van der Waals surface area (Å²) in [6.07, 6.45) is 11.9. The Morgan fingerprint density at radius 2 is 1.91 bits per heavy atom. The first-order chi connectivity index (χ1) is 11.1. The van der Waals surface area contributed by atoms with E-state index in [0.29, 0.717) is 6.04 Å². The lowest BCUT2D eigenvalue weighted by Crippen LogP contribution is -2.43. The summed E-state index contributed by atoms with van der Waals surface area (Å²) in [5.74, 6) is 1.21. The first-order valence-electron chi connectivity index (χ1n) is 9.66. The molecule has 1 N–H and O–H groups in total. The predicted molar refractivity (Wildman–Crippen MR) is 91.7 cm³/mol. The fraction of sp³-hybridized carbons (Fsp3) is 0.842. The number of aryl methyl sites for hydroxylation is 2. The van der Waals surface area contributed by atoms with Crippen LogP contribution in [0.3, 0.4) is 0 Å². The lowest BCUT2D eigenvalue weighted by atomic mass is 9.84. The fourth-order valence-corrected chi connectivity index (χ4v) is 5.13. The van der Waals surface area contributed by atoms with E-state index in [1.165, 1.54) is 68.6 Å². The highest BCUT2D eigenvalue weighted by molar-refractivity contribution is 5.21. The van der Waals surface area contributed by atoms with E-state index in [1.807, 2.05) is 0 Å². The number of imidazole rings is 1. The quantitative estimate of drug-likeness (QED) is 0.932. The molecule has 0 radical (unpaired) electrons. The summed E-state index contributed by atoms with van der Waals surface area (Å²) in [5, 5.41) is 10.8. The van der Waals surface area contributed by atoms with Gasteiger partial charge in [0.25, 0.3) is 0 Å². The van der Waals surface area contributed by atoms with Crippen LogP contribution in [0.5, 0.6) is 0 Å². The second-order valence-electron chi connectivity index (χ2n) is 8.09. The molecule has 4 heteroatoms. The first kappa shape index (κ1) is 15.6. The van der Waals surface area contributed by atoms with Crippen molar-refractivity contribution in [2.45, 2.75) is 82.8 Å². The van der Waals surface area contributed by atoms with E-state index in [-0.39, 0.29) is 0 Å². The zero-order chi connectivity index (χ0) is 15.9. The molecule has 0 spiro atoms. The Labute approximate surface area is 139 Å². The molecule has 4 nitrogen and oxygen atoms in total. The Morgan fingerprint density at radius 3 is 2.74 bits per heavy atom. The number of aliphatic hydroxyl groups is 1. The van der Waals surface area contributed by atoms with Crippen LogP contribution in [0.1, 0.15) is 74.6 Å². The number of hydrogen-bond donors (Lipinski definition) is 1. The lowest BCUT2D eigenvalue weighted by Gasteiger charge is -2.35. The van der Waals surface area contributed by atoms with Crippen LogP contribution in [-0.2, 0) is 12.8 Å². The lowest BCUT2D eigenvalue weighted by molar-refractivity contribution is -0.0219. The van der Waals surface area contributed by atoms with E-state index < -0.39 is 5.60 Å². The molecule has 1 unspecified atom stereocenters. The van der Waals surface area contributed by atoms with E-state index in [0.717, 1.165) is 32.5 Å². The Hall–Kier alpha value is -0.870. The van der Waals surface area contributed by atoms with Gasteiger partial charge in [-0.25, -0.2) is 4.98 Å². The number of hydrogen-bond acceptors (Lipinski definition) is 3. The van der Waals surface area contributed by atoms with Gasteiger partial charge < -0.3 is 9.67 Å². The van der Waals surface area contributed by atoms with E-state index in [9.17, 15) is 5.11 Å². The van der Waals surface area contributed by atoms with Crippen LogP contribution < -0.4 is 0 Å². The van der Waals surface area contributed by atoms with E-state index in [4.69, 9.17) is 4.98 Å². The molecule has 1 saturated heterocycles. The van der Waals surface area contributed by atoms with Crippen LogP contribution >= 0.6 is 0 Å². The van der Waals surface area contributed by atoms with Gasteiger partial charge in [-0.1, -0.05) is 19.3 Å². The van der Waals surface area contributed by atoms with Crippen LogP contribution in [0.25, 0.3) is 0 Å². The monoisotopic (exact) mass is 317 g/mol. The van der Waals surface area contributed by atoms with Crippen molar-refractivity contribution in [1.29, 1.82) is 0 Å². The summed E-state index contributed by atoms with van der Waals surface area (Å²) < 4.78 is 2.54. The maximum Gasteiger partial charge on any atom is 0.106 e. The topological polar surface area (TPSA) is 41.3 Å². The van der Waals surface area contributed by atoms with E-state index >= 15 is 0 Å². The van der Waals surface area contributed by atoms with Crippen LogP contribution in [0.2, 0.25) is 0 Å². The normalized spacial score (nSPS) is 28.0. The SMILES string of the molecule is Cc1nc2c(n1C1CCN(CC3(O)CCCCC3)C1)CCCC2. The number of β-amino-alcohol motifs (C(OH)–C–C–N with tert-alkyl or cyclic N) is 1. The Bertz CT molecular complexity index is 559. The van der Waals surface area contributed by atoms with Crippen LogP contribution in [-0.4, -0.2) is 44.8 Å². The third-order valence-electron chi connectivity index (χ3n) is 6.26. The summed E-state index contributed by atoms with van der Waals surface area (Å²) in [4.78, 5) is 7.35. The van der Waals surface area contributed by atoms with Crippen LogP contribution in [0, 0.1) is 6.92 Å². The number of aromatic nitrogens is 2. The smallest absolute Gasteiger partial charge is 0.106 e. The highest BCUT2D eigenvalue weighted by atomic mass is 16.3. The summed E-state index contributed by atoms with van der Waals surface area (Å²) in [6, 6.07) is 0.566. The van der Waals surface area contributed by atoms with Crippen molar-refractivity contribution < 1.29 is 5.11 Å². The molecular weight excluding hydrogens is 286 g/mol. The summed E-state index contributed by atoms with van der Waals surface area (Å²) in [6.45, 7) is 5.26. The minimum Gasteiger partial charge on any atom is -0.389 e. The highest BCUT2D eigenvalue weighted by Crippen LogP contribution is 2.33. The zero-order valence-corrected chi connectivity index (χ0v) is 14.6. The molecule has 0 aromatic carbocycles. The standard InChI is InChI=1S/C19H31N3O/c1-15-20-17-7-3-4-8-18(17)22(15)16-9-12-21(13-16)14-19(23)10-5-2-6-11-19/h16,23H,2-14H2,1H3. The van der Waals surface area contributed by atoms with Crippen molar-refractivity contribution in [1.82, 2.24) is 14.5 Å². The minimum absolute atomic E-state index is 0.420. The van der Waals surface area contributed by atoms with E-state index in [1.54, 1.807) is 0 Å². The molecule has 1 atom stereocenters. The second kappa shape index (κ2) is 6.21. The predicted octanol–water partition coefficient (Wildman–Crippen LogP) is 3.01. The second-order valence-corrected chi connectivity index (χ2v) is 8.09. The maximum atomic E-state index is 10.8. The van der Waals surface area contributed by atoms with Crippen LogP contribution in [0.4, 0.5) is 0 Å². The average molecular weight is 317 g/mol. The molecule has 3 aliphatic rings. The molecule has 2 heterocycles. The number of likely N-dealkylation sites (tertiary alicyclic amines) is 1. The largest absolute Gasteiger partial charge is 0.389 e. The zero-order valence-electron chi connectivity index (χ0n) is 14.6.